The zero-order valence-corrected chi connectivity index (χ0v) is 11.8. The van der Waals surface area contributed by atoms with E-state index < -0.39 is 5.63 Å². The molecule has 1 heterocycles. The molecule has 0 saturated heterocycles. The van der Waals surface area contributed by atoms with Gasteiger partial charge in [0.1, 0.15) is 11.3 Å². The number of rotatable bonds is 3. The van der Waals surface area contributed by atoms with Crippen LogP contribution in [0.4, 0.5) is 0 Å². The molecule has 0 aliphatic rings. The van der Waals surface area contributed by atoms with Crippen molar-refractivity contribution in [1.82, 2.24) is 0 Å². The molecule has 2 aromatic rings. The number of carbonyl (C=O) groups is 1. The Morgan fingerprint density at radius 2 is 2.17 bits per heavy atom. The average Bonchev–Trinajstić information content (AvgIpc) is 2.37. The first-order chi connectivity index (χ1) is 8.61. The summed E-state index contributed by atoms with van der Waals surface area (Å²) in [5.74, 6) is -0.305. The van der Waals surface area contributed by atoms with Gasteiger partial charge in [-0.15, -0.1) is 0 Å². The number of fused-ring (bicyclic) bond motifs is 1. The van der Waals surface area contributed by atoms with Gasteiger partial charge in [-0.25, -0.2) is 4.79 Å². The Labute approximate surface area is 117 Å². The highest BCUT2D eigenvalue weighted by molar-refractivity contribution is 14.1. The molecule has 0 radical (unpaired) electrons. The minimum absolute atomic E-state index is 0.211. The summed E-state index contributed by atoms with van der Waals surface area (Å²) in [4.78, 5) is 23.1. The van der Waals surface area contributed by atoms with Crippen molar-refractivity contribution in [3.8, 4) is 5.75 Å². The lowest BCUT2D eigenvalue weighted by atomic mass is 10.2. The Morgan fingerprint density at radius 1 is 1.44 bits per heavy atom. The highest BCUT2D eigenvalue weighted by Crippen LogP contribution is 2.24. The maximum Gasteiger partial charge on any atom is 0.339 e. The van der Waals surface area contributed by atoms with Gasteiger partial charge in [-0.1, -0.05) is 41.6 Å². The maximum atomic E-state index is 11.7. The van der Waals surface area contributed by atoms with Crippen molar-refractivity contribution in [3.05, 3.63) is 40.8 Å². The second kappa shape index (κ2) is 5.51. The van der Waals surface area contributed by atoms with Crippen LogP contribution in [0.3, 0.4) is 0 Å². The van der Waals surface area contributed by atoms with Gasteiger partial charge in [-0.05, 0) is 12.1 Å². The molecule has 1 aromatic heterocycles. The molecular formula is C13H11IO4. The van der Waals surface area contributed by atoms with E-state index in [2.05, 4.69) is 22.6 Å². The summed E-state index contributed by atoms with van der Waals surface area (Å²) in [6.45, 7) is 1.78. The molecule has 94 valence electrons. The Morgan fingerprint density at radius 3 is 2.89 bits per heavy atom. The lowest BCUT2D eigenvalue weighted by Gasteiger charge is -2.09. The number of benzene rings is 1. The van der Waals surface area contributed by atoms with Crippen LogP contribution in [0.2, 0.25) is 0 Å². The third-order valence-corrected chi connectivity index (χ3v) is 3.78. The van der Waals surface area contributed by atoms with Gasteiger partial charge in [0.25, 0.3) is 0 Å². The summed E-state index contributed by atoms with van der Waals surface area (Å²) < 4.78 is 10.9. The lowest BCUT2D eigenvalue weighted by molar-refractivity contribution is -0.137. The van der Waals surface area contributed by atoms with E-state index in [9.17, 15) is 9.59 Å². The number of carbonyl (C=O) groups excluding carboxylic acids is 1. The van der Waals surface area contributed by atoms with Crippen LogP contribution in [0, 0.1) is 5.92 Å². The second-order valence-electron chi connectivity index (χ2n) is 3.90. The van der Waals surface area contributed by atoms with Crippen molar-refractivity contribution in [1.29, 1.82) is 0 Å². The quantitative estimate of drug-likeness (QED) is 0.367. The molecule has 0 aliphatic heterocycles. The summed E-state index contributed by atoms with van der Waals surface area (Å²) in [7, 11) is 0. The molecular weight excluding hydrogens is 347 g/mol. The number of para-hydroxylation sites is 1. The standard InChI is InChI=1S/C13H11IO4/c1-8(7-14)13(16)18-11-6-12(15)17-10-5-3-2-4-9(10)11/h2-6,8H,7H2,1H3. The molecule has 5 heteroatoms. The Bertz CT molecular complexity index is 632. The molecule has 18 heavy (non-hydrogen) atoms. The van der Waals surface area contributed by atoms with E-state index in [0.717, 1.165) is 0 Å². The van der Waals surface area contributed by atoms with Crippen LogP contribution < -0.4 is 10.4 Å². The predicted octanol–water partition coefficient (Wildman–Crippen LogP) is 2.77. The first-order valence-electron chi connectivity index (χ1n) is 5.42. The number of hydrogen-bond acceptors (Lipinski definition) is 4. The van der Waals surface area contributed by atoms with Gasteiger partial charge in [0.05, 0.1) is 17.4 Å². The van der Waals surface area contributed by atoms with Gasteiger partial charge in [0.15, 0.2) is 0 Å². The van der Waals surface area contributed by atoms with Crippen LogP contribution in [0.25, 0.3) is 11.0 Å². The largest absolute Gasteiger partial charge is 0.425 e. The zero-order valence-electron chi connectivity index (χ0n) is 9.68. The number of halogens is 1. The average molecular weight is 358 g/mol. The highest BCUT2D eigenvalue weighted by Gasteiger charge is 2.16. The molecule has 1 unspecified atom stereocenters. The maximum absolute atomic E-state index is 11.7. The van der Waals surface area contributed by atoms with Gasteiger partial charge >= 0.3 is 11.6 Å². The van der Waals surface area contributed by atoms with E-state index in [4.69, 9.17) is 9.15 Å². The molecule has 0 bridgehead atoms. The van der Waals surface area contributed by atoms with Gasteiger partial charge in [-0.2, -0.15) is 0 Å². The van der Waals surface area contributed by atoms with Crippen LogP contribution in [0.5, 0.6) is 5.75 Å². The van der Waals surface area contributed by atoms with Crippen LogP contribution in [0.1, 0.15) is 6.92 Å². The third-order valence-electron chi connectivity index (χ3n) is 2.46. The fourth-order valence-electron chi connectivity index (χ4n) is 1.44. The summed E-state index contributed by atoms with van der Waals surface area (Å²) in [5.41, 5.74) is -0.117. The van der Waals surface area contributed by atoms with Crippen molar-refractivity contribution in [2.75, 3.05) is 4.43 Å². The smallest absolute Gasteiger partial charge is 0.339 e. The molecule has 0 amide bonds. The van der Waals surface area contributed by atoms with Crippen molar-refractivity contribution >= 4 is 39.5 Å². The third kappa shape index (κ3) is 2.72. The van der Waals surface area contributed by atoms with Gasteiger partial charge in [-0.3, -0.25) is 4.79 Å². The summed E-state index contributed by atoms with van der Waals surface area (Å²) in [6.07, 6.45) is 0. The molecule has 0 fully saturated rings. The molecule has 2 rings (SSSR count). The predicted molar refractivity (Wildman–Crippen MR) is 76.2 cm³/mol. The van der Waals surface area contributed by atoms with Crippen LogP contribution in [0.15, 0.2) is 39.5 Å². The molecule has 0 saturated carbocycles. The number of ether oxygens (including phenoxy) is 1. The summed E-state index contributed by atoms with van der Waals surface area (Å²) >= 11 is 2.12. The Kier molecular flexibility index (Phi) is 4.00. The zero-order chi connectivity index (χ0) is 13.1. The van der Waals surface area contributed by atoms with E-state index in [1.165, 1.54) is 6.07 Å². The first kappa shape index (κ1) is 13.1. The number of hydrogen-bond donors (Lipinski definition) is 0. The first-order valence-corrected chi connectivity index (χ1v) is 6.95. The van der Waals surface area contributed by atoms with Gasteiger partial charge in [0, 0.05) is 4.43 Å². The topological polar surface area (TPSA) is 56.5 Å². The van der Waals surface area contributed by atoms with Crippen LogP contribution in [-0.2, 0) is 4.79 Å². The van der Waals surface area contributed by atoms with Crippen molar-refractivity contribution < 1.29 is 13.9 Å². The highest BCUT2D eigenvalue weighted by atomic mass is 127. The summed E-state index contributed by atoms with van der Waals surface area (Å²) in [6, 6.07) is 8.15. The van der Waals surface area contributed by atoms with Gasteiger partial charge in [0.2, 0.25) is 0 Å². The van der Waals surface area contributed by atoms with Crippen LogP contribution >= 0.6 is 22.6 Å². The van der Waals surface area contributed by atoms with Gasteiger partial charge < -0.3 is 9.15 Å². The molecule has 4 nitrogen and oxygen atoms in total. The number of alkyl halides is 1. The lowest BCUT2D eigenvalue weighted by Crippen LogP contribution is -2.19. The molecule has 1 atom stereocenters. The fraction of sp³-hybridized carbons (Fsp3) is 0.231. The molecule has 1 aromatic carbocycles. The normalized spacial score (nSPS) is 12.3. The summed E-state index contributed by atoms with van der Waals surface area (Å²) in [5, 5.41) is 0.617. The Balaban J connectivity index is 2.44. The fourth-order valence-corrected chi connectivity index (χ4v) is 1.80. The van der Waals surface area contributed by atoms with Crippen LogP contribution in [-0.4, -0.2) is 10.4 Å². The SMILES string of the molecule is CC(CI)C(=O)Oc1cc(=O)oc2ccccc12. The minimum atomic E-state index is -0.529. The Hall–Kier alpha value is -1.37. The van der Waals surface area contributed by atoms with E-state index in [-0.39, 0.29) is 17.6 Å². The molecule has 0 aliphatic carbocycles. The monoisotopic (exact) mass is 358 g/mol. The molecule has 0 N–H and O–H groups in total. The van der Waals surface area contributed by atoms with E-state index in [1.54, 1.807) is 31.2 Å². The number of esters is 1. The molecule has 0 spiro atoms. The van der Waals surface area contributed by atoms with E-state index in [1.807, 2.05) is 0 Å². The second-order valence-corrected chi connectivity index (χ2v) is 4.78. The van der Waals surface area contributed by atoms with E-state index in [0.29, 0.717) is 15.4 Å². The van der Waals surface area contributed by atoms with E-state index >= 15 is 0 Å². The minimum Gasteiger partial charge on any atom is -0.425 e. The van der Waals surface area contributed by atoms with Crippen molar-refractivity contribution in [2.24, 2.45) is 5.92 Å². The van der Waals surface area contributed by atoms with Crippen molar-refractivity contribution in [2.45, 2.75) is 6.92 Å². The van der Waals surface area contributed by atoms with Crippen molar-refractivity contribution in [3.63, 3.8) is 0 Å².